The predicted octanol–water partition coefficient (Wildman–Crippen LogP) is 2.72. The van der Waals surface area contributed by atoms with Crippen LogP contribution >= 0.6 is 0 Å². The fraction of sp³-hybridized carbons (Fsp3) is 0.611. The summed E-state index contributed by atoms with van der Waals surface area (Å²) in [5, 5.41) is 0. The summed E-state index contributed by atoms with van der Waals surface area (Å²) in [6, 6.07) is 5.58. The average molecular weight is 353 g/mol. The molecular formula is C18H28N2O3S. The number of hydrogen-bond acceptors (Lipinski definition) is 3. The van der Waals surface area contributed by atoms with E-state index in [9.17, 15) is 13.2 Å². The largest absolute Gasteiger partial charge is 0.342 e. The molecule has 1 atom stereocenters. The number of amides is 1. The number of piperidine rings is 1. The molecule has 6 heteroatoms. The molecule has 0 bridgehead atoms. The van der Waals surface area contributed by atoms with E-state index in [2.05, 4.69) is 6.92 Å². The number of likely N-dealkylation sites (tertiary alicyclic amines) is 1. The minimum Gasteiger partial charge on any atom is -0.342 e. The van der Waals surface area contributed by atoms with E-state index >= 15 is 0 Å². The van der Waals surface area contributed by atoms with Gasteiger partial charge in [0.15, 0.2) is 0 Å². The van der Waals surface area contributed by atoms with E-state index in [1.54, 1.807) is 6.07 Å². The van der Waals surface area contributed by atoms with Crippen LogP contribution in [0.4, 0.5) is 5.69 Å². The van der Waals surface area contributed by atoms with Crippen LogP contribution in [0.15, 0.2) is 18.2 Å². The number of rotatable bonds is 5. The maximum absolute atomic E-state index is 12.4. The predicted molar refractivity (Wildman–Crippen MR) is 97.7 cm³/mol. The Labute approximate surface area is 145 Å². The van der Waals surface area contributed by atoms with E-state index in [1.807, 2.05) is 30.9 Å². The lowest BCUT2D eigenvalue weighted by molar-refractivity contribution is -0.132. The van der Waals surface area contributed by atoms with Gasteiger partial charge in [0.2, 0.25) is 15.9 Å². The second-order valence-electron chi connectivity index (χ2n) is 6.94. The molecule has 0 saturated carbocycles. The molecule has 5 nitrogen and oxygen atoms in total. The number of benzene rings is 1. The average Bonchev–Trinajstić information content (AvgIpc) is 2.49. The highest BCUT2D eigenvalue weighted by molar-refractivity contribution is 7.92. The fourth-order valence-electron chi connectivity index (χ4n) is 3.14. The molecule has 134 valence electrons. The number of sulfonamides is 1. The molecule has 0 radical (unpaired) electrons. The van der Waals surface area contributed by atoms with Crippen molar-refractivity contribution in [3.63, 3.8) is 0 Å². The van der Waals surface area contributed by atoms with Gasteiger partial charge in [0, 0.05) is 26.1 Å². The smallest absolute Gasteiger partial charge is 0.232 e. The molecule has 1 fully saturated rings. The molecule has 1 aromatic rings. The lowest BCUT2D eigenvalue weighted by Gasteiger charge is -2.32. The van der Waals surface area contributed by atoms with Crippen LogP contribution in [0.3, 0.4) is 0 Å². The van der Waals surface area contributed by atoms with Gasteiger partial charge in [-0.15, -0.1) is 0 Å². The minimum atomic E-state index is -3.42. The van der Waals surface area contributed by atoms with Crippen LogP contribution in [0.1, 0.15) is 37.3 Å². The quantitative estimate of drug-likeness (QED) is 0.819. The summed E-state index contributed by atoms with van der Waals surface area (Å²) in [4.78, 5) is 14.3. The van der Waals surface area contributed by atoms with Crippen molar-refractivity contribution >= 4 is 21.6 Å². The van der Waals surface area contributed by atoms with Gasteiger partial charge in [-0.25, -0.2) is 8.42 Å². The second-order valence-corrected chi connectivity index (χ2v) is 8.85. The molecule has 1 aliphatic rings. The van der Waals surface area contributed by atoms with E-state index in [4.69, 9.17) is 0 Å². The van der Waals surface area contributed by atoms with Gasteiger partial charge in [-0.1, -0.05) is 13.0 Å². The summed E-state index contributed by atoms with van der Waals surface area (Å²) in [5.41, 5.74) is 2.78. The van der Waals surface area contributed by atoms with E-state index in [0.29, 0.717) is 11.6 Å². The van der Waals surface area contributed by atoms with Gasteiger partial charge in [0.25, 0.3) is 0 Å². The Morgan fingerprint density at radius 1 is 1.29 bits per heavy atom. The fourth-order valence-corrected chi connectivity index (χ4v) is 4.06. The normalized spacial score (nSPS) is 18.5. The Balaban J connectivity index is 2.09. The van der Waals surface area contributed by atoms with Crippen molar-refractivity contribution in [3.05, 3.63) is 29.3 Å². The lowest BCUT2D eigenvalue weighted by Crippen LogP contribution is -2.41. The number of hydrogen-bond donors (Lipinski definition) is 0. The second kappa shape index (κ2) is 7.55. The van der Waals surface area contributed by atoms with Gasteiger partial charge in [-0.2, -0.15) is 0 Å². The molecule has 0 aliphatic carbocycles. The number of carbonyl (C=O) groups is 1. The minimum absolute atomic E-state index is 0.0408. The van der Waals surface area contributed by atoms with Crippen molar-refractivity contribution < 1.29 is 13.2 Å². The van der Waals surface area contributed by atoms with E-state index in [1.165, 1.54) is 10.6 Å². The molecule has 24 heavy (non-hydrogen) atoms. The van der Waals surface area contributed by atoms with Crippen LogP contribution in [0.2, 0.25) is 0 Å². The Kier molecular flexibility index (Phi) is 5.91. The number of carbonyl (C=O) groups excluding carboxylic acids is 1. The van der Waals surface area contributed by atoms with Crippen molar-refractivity contribution in [2.75, 3.05) is 30.2 Å². The number of anilines is 1. The number of aryl methyl sites for hydroxylation is 2. The first kappa shape index (κ1) is 18.8. The van der Waals surface area contributed by atoms with Gasteiger partial charge < -0.3 is 4.90 Å². The van der Waals surface area contributed by atoms with E-state index in [0.717, 1.165) is 37.1 Å². The first-order valence-corrected chi connectivity index (χ1v) is 10.4. The molecule has 1 aromatic carbocycles. The summed E-state index contributed by atoms with van der Waals surface area (Å²) < 4.78 is 25.7. The van der Waals surface area contributed by atoms with Gasteiger partial charge in [-0.05, 0) is 55.9 Å². The Bertz CT molecular complexity index is 700. The van der Waals surface area contributed by atoms with Crippen LogP contribution in [0.25, 0.3) is 0 Å². The SMILES string of the molecule is Cc1ccc(N(CCC(=O)N2CCCC(C)C2)S(C)(=O)=O)cc1C. The Hall–Kier alpha value is -1.56. The molecule has 1 heterocycles. The highest BCUT2D eigenvalue weighted by Gasteiger charge is 2.24. The van der Waals surface area contributed by atoms with Crippen LogP contribution in [0.5, 0.6) is 0 Å². The third-order valence-corrected chi connectivity index (χ3v) is 5.91. The topological polar surface area (TPSA) is 57.7 Å². The molecule has 1 unspecified atom stereocenters. The van der Waals surface area contributed by atoms with Crippen molar-refractivity contribution in [1.82, 2.24) is 4.90 Å². The maximum atomic E-state index is 12.4. The monoisotopic (exact) mass is 352 g/mol. The summed E-state index contributed by atoms with van der Waals surface area (Å²) >= 11 is 0. The zero-order valence-electron chi connectivity index (χ0n) is 15.1. The molecular weight excluding hydrogens is 324 g/mol. The van der Waals surface area contributed by atoms with Gasteiger partial charge in [-0.3, -0.25) is 9.10 Å². The standard InChI is InChI=1S/C18H28N2O3S/c1-14-6-5-10-19(13-14)18(21)9-11-20(24(4,22)23)17-8-7-15(2)16(3)12-17/h7-8,12,14H,5-6,9-11,13H2,1-4H3. The van der Waals surface area contributed by atoms with Crippen LogP contribution in [-0.4, -0.2) is 45.1 Å². The third-order valence-electron chi connectivity index (χ3n) is 4.72. The van der Waals surface area contributed by atoms with E-state index < -0.39 is 10.0 Å². The summed E-state index contributed by atoms with van der Waals surface area (Å²) in [6.07, 6.45) is 3.59. The number of nitrogens with zero attached hydrogens (tertiary/aromatic N) is 2. The van der Waals surface area contributed by atoms with Crippen molar-refractivity contribution in [2.24, 2.45) is 5.92 Å². The zero-order valence-corrected chi connectivity index (χ0v) is 15.9. The third kappa shape index (κ3) is 4.72. The molecule has 0 N–H and O–H groups in total. The molecule has 0 aromatic heterocycles. The lowest BCUT2D eigenvalue weighted by atomic mass is 10.00. The van der Waals surface area contributed by atoms with Gasteiger partial charge in [0.05, 0.1) is 11.9 Å². The highest BCUT2D eigenvalue weighted by atomic mass is 32.2. The van der Waals surface area contributed by atoms with Gasteiger partial charge in [0.1, 0.15) is 0 Å². The van der Waals surface area contributed by atoms with Crippen LogP contribution < -0.4 is 4.31 Å². The van der Waals surface area contributed by atoms with E-state index in [-0.39, 0.29) is 18.9 Å². The van der Waals surface area contributed by atoms with Gasteiger partial charge >= 0.3 is 0 Å². The summed E-state index contributed by atoms with van der Waals surface area (Å²) in [5.74, 6) is 0.562. The van der Waals surface area contributed by atoms with Crippen molar-refractivity contribution in [3.8, 4) is 0 Å². The zero-order chi connectivity index (χ0) is 17.9. The Morgan fingerprint density at radius 3 is 2.58 bits per heavy atom. The van der Waals surface area contributed by atoms with Crippen LogP contribution in [-0.2, 0) is 14.8 Å². The summed E-state index contributed by atoms with van der Waals surface area (Å²) in [7, 11) is -3.42. The molecule has 1 amide bonds. The van der Waals surface area contributed by atoms with Crippen molar-refractivity contribution in [1.29, 1.82) is 0 Å². The highest BCUT2D eigenvalue weighted by Crippen LogP contribution is 2.22. The molecule has 2 rings (SSSR count). The first-order valence-electron chi connectivity index (χ1n) is 8.51. The molecule has 1 aliphatic heterocycles. The first-order chi connectivity index (χ1) is 11.2. The molecule has 0 spiro atoms. The summed E-state index contributed by atoms with van der Waals surface area (Å²) in [6.45, 7) is 7.85. The van der Waals surface area contributed by atoms with Crippen LogP contribution in [0, 0.1) is 19.8 Å². The molecule has 1 saturated heterocycles. The Morgan fingerprint density at radius 2 is 2.00 bits per heavy atom. The van der Waals surface area contributed by atoms with Crippen molar-refractivity contribution in [2.45, 2.75) is 40.0 Å². The maximum Gasteiger partial charge on any atom is 0.232 e.